The Labute approximate surface area is 245 Å². The molecule has 2 aromatic carbocycles. The number of benzene rings is 2. The van der Waals surface area contributed by atoms with Crippen molar-refractivity contribution in [2.75, 3.05) is 18.1 Å². The SMILES string of the molecule is CCCS(=O)(=O)ON=C(c1ccc(CCCCOc2ccc(C(=NOS(=O)(=O)CCC)C(F)(F)F)cc2)cc1)C(F)(F)F. The van der Waals surface area contributed by atoms with Crippen molar-refractivity contribution in [3.05, 3.63) is 65.2 Å². The van der Waals surface area contributed by atoms with Crippen LogP contribution in [-0.2, 0) is 35.2 Å². The Bertz CT molecular complexity index is 1340. The average molecular weight is 661 g/mol. The highest BCUT2D eigenvalue weighted by Gasteiger charge is 2.39. The molecule has 0 saturated carbocycles. The summed E-state index contributed by atoms with van der Waals surface area (Å²) in [6.45, 7) is 3.22. The van der Waals surface area contributed by atoms with Crippen LogP contribution in [0.4, 0.5) is 26.3 Å². The van der Waals surface area contributed by atoms with Crippen LogP contribution in [0.2, 0.25) is 0 Å². The summed E-state index contributed by atoms with van der Waals surface area (Å²) in [6, 6.07) is 9.81. The molecule has 240 valence electrons. The summed E-state index contributed by atoms with van der Waals surface area (Å²) in [4.78, 5) is 0. The summed E-state index contributed by atoms with van der Waals surface area (Å²) in [5.74, 6) is -0.723. The molecule has 0 aromatic heterocycles. The standard InChI is InChI=1S/C26H30F6N2O7S2/c1-3-17-42(35,36)40-33-23(25(27,28)29)20-10-8-19(9-11-20)7-5-6-16-39-22-14-12-21(13-15-22)24(26(30,31)32)34-41-43(37,38)18-4-2/h8-15H,3-7,16-18H2,1-2H3. The van der Waals surface area contributed by atoms with Crippen LogP contribution in [0.1, 0.15) is 56.2 Å². The van der Waals surface area contributed by atoms with E-state index in [1.54, 1.807) is 0 Å². The topological polar surface area (TPSA) is 121 Å². The summed E-state index contributed by atoms with van der Waals surface area (Å²) in [7, 11) is -8.49. The minimum absolute atomic E-state index is 0.139. The van der Waals surface area contributed by atoms with Gasteiger partial charge in [0.1, 0.15) is 5.75 Å². The van der Waals surface area contributed by atoms with Crippen LogP contribution in [0.25, 0.3) is 0 Å². The number of ether oxygens (including phenoxy) is 1. The Balaban J connectivity index is 1.93. The molecule has 0 aliphatic rings. The number of alkyl halides is 6. The van der Waals surface area contributed by atoms with Crippen LogP contribution < -0.4 is 4.74 Å². The quantitative estimate of drug-likeness (QED) is 0.0919. The maximum absolute atomic E-state index is 13.4. The molecular weight excluding hydrogens is 630 g/mol. The normalized spacial score (nSPS) is 13.6. The van der Waals surface area contributed by atoms with Gasteiger partial charge < -0.3 is 4.74 Å². The summed E-state index contributed by atoms with van der Waals surface area (Å²) >= 11 is 0. The van der Waals surface area contributed by atoms with Crippen molar-refractivity contribution in [3.63, 3.8) is 0 Å². The Hall–Kier alpha value is -3.34. The monoisotopic (exact) mass is 660 g/mol. The van der Waals surface area contributed by atoms with Crippen molar-refractivity contribution >= 4 is 31.7 Å². The molecule has 0 N–H and O–H groups in total. The molecule has 2 rings (SSSR count). The molecule has 0 unspecified atom stereocenters. The number of halogens is 6. The zero-order valence-corrected chi connectivity index (χ0v) is 24.7. The van der Waals surface area contributed by atoms with E-state index in [4.69, 9.17) is 4.74 Å². The molecule has 0 heterocycles. The number of unbranched alkanes of at least 4 members (excludes halogenated alkanes) is 1. The van der Waals surface area contributed by atoms with E-state index in [0.29, 0.717) is 24.8 Å². The second-order valence-electron chi connectivity index (χ2n) is 9.07. The zero-order chi connectivity index (χ0) is 32.3. The number of oxime groups is 2. The lowest BCUT2D eigenvalue weighted by atomic mass is 10.0. The number of aryl methyl sites for hydroxylation is 1. The summed E-state index contributed by atoms with van der Waals surface area (Å²) < 4.78 is 141. The molecule has 0 atom stereocenters. The second-order valence-corrected chi connectivity index (χ2v) is 12.4. The third-order valence-corrected chi connectivity index (χ3v) is 7.83. The number of hydrogen-bond donors (Lipinski definition) is 0. The van der Waals surface area contributed by atoms with E-state index in [9.17, 15) is 43.2 Å². The first-order chi connectivity index (χ1) is 20.0. The van der Waals surface area contributed by atoms with Crippen molar-refractivity contribution < 1.29 is 56.5 Å². The lowest BCUT2D eigenvalue weighted by molar-refractivity contribution is -0.0606. The van der Waals surface area contributed by atoms with Gasteiger partial charge in [0.15, 0.2) is 11.4 Å². The van der Waals surface area contributed by atoms with Gasteiger partial charge in [-0.15, -0.1) is 0 Å². The van der Waals surface area contributed by atoms with Crippen LogP contribution in [-0.4, -0.2) is 58.7 Å². The van der Waals surface area contributed by atoms with Crippen molar-refractivity contribution in [3.8, 4) is 5.75 Å². The molecule has 2 aromatic rings. The van der Waals surface area contributed by atoms with Crippen LogP contribution in [0.3, 0.4) is 0 Å². The van der Waals surface area contributed by atoms with E-state index in [1.807, 2.05) is 0 Å². The first-order valence-electron chi connectivity index (χ1n) is 12.9. The van der Waals surface area contributed by atoms with E-state index in [0.717, 1.165) is 24.3 Å². The van der Waals surface area contributed by atoms with E-state index in [1.165, 1.54) is 38.1 Å². The van der Waals surface area contributed by atoms with Gasteiger partial charge in [0, 0.05) is 11.1 Å². The minimum Gasteiger partial charge on any atom is -0.494 e. The molecule has 0 spiro atoms. The fraction of sp³-hybridized carbons (Fsp3) is 0.462. The number of nitrogens with zero attached hydrogens (tertiary/aromatic N) is 2. The van der Waals surface area contributed by atoms with E-state index >= 15 is 0 Å². The molecule has 0 fully saturated rings. The van der Waals surface area contributed by atoms with Crippen LogP contribution in [0, 0.1) is 0 Å². The Morgan fingerprint density at radius 1 is 0.674 bits per heavy atom. The summed E-state index contributed by atoms with van der Waals surface area (Å²) in [6.07, 6.45) is -8.12. The van der Waals surface area contributed by atoms with E-state index in [2.05, 4.69) is 18.9 Å². The summed E-state index contributed by atoms with van der Waals surface area (Å²) in [5, 5.41) is 5.67. The fourth-order valence-corrected chi connectivity index (χ4v) is 4.98. The zero-order valence-electron chi connectivity index (χ0n) is 23.1. The molecular formula is C26H30F6N2O7S2. The third kappa shape index (κ3) is 12.4. The predicted octanol–water partition coefficient (Wildman–Crippen LogP) is 6.13. The largest absolute Gasteiger partial charge is 0.494 e. The molecule has 0 amide bonds. The Kier molecular flexibility index (Phi) is 12.8. The Morgan fingerprint density at radius 2 is 1.09 bits per heavy atom. The second kappa shape index (κ2) is 15.4. The molecule has 0 aliphatic heterocycles. The average Bonchev–Trinajstić information content (AvgIpc) is 2.88. The molecule has 0 bridgehead atoms. The number of rotatable bonds is 16. The van der Waals surface area contributed by atoms with Gasteiger partial charge in [-0.1, -0.05) is 48.4 Å². The molecule has 0 saturated heterocycles. The molecule has 9 nitrogen and oxygen atoms in total. The number of hydrogen-bond acceptors (Lipinski definition) is 9. The van der Waals surface area contributed by atoms with Gasteiger partial charge in [0.05, 0.1) is 18.1 Å². The van der Waals surface area contributed by atoms with Gasteiger partial charge in [0.2, 0.25) is 0 Å². The lowest BCUT2D eigenvalue weighted by Crippen LogP contribution is -2.25. The fourth-order valence-electron chi connectivity index (χ4n) is 3.46. The maximum atomic E-state index is 13.4. The van der Waals surface area contributed by atoms with Gasteiger partial charge in [0.25, 0.3) is 0 Å². The Morgan fingerprint density at radius 3 is 1.49 bits per heavy atom. The van der Waals surface area contributed by atoms with Gasteiger partial charge in [-0.05, 0) is 61.9 Å². The highest BCUT2D eigenvalue weighted by molar-refractivity contribution is 7.86. The summed E-state index contributed by atoms with van der Waals surface area (Å²) in [5.41, 5.74) is -3.12. The lowest BCUT2D eigenvalue weighted by Gasteiger charge is -2.12. The molecule has 43 heavy (non-hydrogen) atoms. The van der Waals surface area contributed by atoms with Crippen LogP contribution >= 0.6 is 0 Å². The smallest absolute Gasteiger partial charge is 0.437 e. The van der Waals surface area contributed by atoms with Gasteiger partial charge in [-0.2, -0.15) is 43.2 Å². The van der Waals surface area contributed by atoms with E-state index < -0.39 is 61.1 Å². The van der Waals surface area contributed by atoms with Gasteiger partial charge >= 0.3 is 32.6 Å². The molecule has 0 aliphatic carbocycles. The first kappa shape index (κ1) is 35.9. The maximum Gasteiger partial charge on any atom is 0.437 e. The van der Waals surface area contributed by atoms with E-state index in [-0.39, 0.29) is 30.8 Å². The molecule has 17 heteroatoms. The van der Waals surface area contributed by atoms with Crippen molar-refractivity contribution in [2.45, 2.75) is 58.3 Å². The van der Waals surface area contributed by atoms with Crippen LogP contribution in [0.5, 0.6) is 5.75 Å². The minimum atomic E-state index is -4.98. The first-order valence-corrected chi connectivity index (χ1v) is 16.1. The highest BCUT2D eigenvalue weighted by Crippen LogP contribution is 2.26. The van der Waals surface area contributed by atoms with Crippen LogP contribution in [0.15, 0.2) is 58.8 Å². The van der Waals surface area contributed by atoms with Gasteiger partial charge in [-0.3, -0.25) is 8.57 Å². The predicted molar refractivity (Wildman–Crippen MR) is 147 cm³/mol. The third-order valence-electron chi connectivity index (χ3n) is 5.41. The van der Waals surface area contributed by atoms with Gasteiger partial charge in [-0.25, -0.2) is 0 Å². The van der Waals surface area contributed by atoms with Crippen molar-refractivity contribution in [1.29, 1.82) is 0 Å². The van der Waals surface area contributed by atoms with Crippen molar-refractivity contribution in [1.82, 2.24) is 0 Å². The van der Waals surface area contributed by atoms with Crippen molar-refractivity contribution in [2.24, 2.45) is 10.3 Å². The highest BCUT2D eigenvalue weighted by atomic mass is 32.2. The molecule has 0 radical (unpaired) electrons.